The Hall–Kier alpha value is -2.34. The van der Waals surface area contributed by atoms with E-state index in [1.54, 1.807) is 12.1 Å². The summed E-state index contributed by atoms with van der Waals surface area (Å²) in [5.41, 5.74) is 1.79. The van der Waals surface area contributed by atoms with E-state index in [1.165, 1.54) is 18.6 Å². The summed E-state index contributed by atoms with van der Waals surface area (Å²) in [5, 5.41) is 12.1. The number of aromatic amines is 1. The lowest BCUT2D eigenvalue weighted by molar-refractivity contribution is -0.139. The van der Waals surface area contributed by atoms with E-state index in [0.717, 1.165) is 5.56 Å². The molecule has 2 rings (SSSR count). The van der Waals surface area contributed by atoms with Gasteiger partial charge in [0.05, 0.1) is 6.33 Å². The number of carboxylic acid groups (broad SMARTS) is 1. The summed E-state index contributed by atoms with van der Waals surface area (Å²) in [4.78, 5) is 30.0. The van der Waals surface area contributed by atoms with Crippen molar-refractivity contribution in [3.05, 3.63) is 52.6 Å². The zero-order valence-corrected chi connectivity index (χ0v) is 12.0. The van der Waals surface area contributed by atoms with Gasteiger partial charge >= 0.3 is 5.97 Å². The van der Waals surface area contributed by atoms with Crippen molar-refractivity contribution in [3.63, 3.8) is 0 Å². The molecule has 6 nitrogen and oxygen atoms in total. The fraction of sp³-hybridized carbons (Fsp3) is 0.214. The third-order valence-electron chi connectivity index (χ3n) is 2.89. The number of aromatic nitrogens is 2. The van der Waals surface area contributed by atoms with E-state index in [-0.39, 0.29) is 6.42 Å². The van der Waals surface area contributed by atoms with Gasteiger partial charge in [0.25, 0.3) is 5.91 Å². The van der Waals surface area contributed by atoms with Gasteiger partial charge in [0.1, 0.15) is 6.04 Å². The summed E-state index contributed by atoms with van der Waals surface area (Å²) >= 11 is 5.90. The molecule has 0 saturated carbocycles. The summed E-state index contributed by atoms with van der Waals surface area (Å²) < 4.78 is 0. The van der Waals surface area contributed by atoms with E-state index in [0.29, 0.717) is 16.3 Å². The van der Waals surface area contributed by atoms with Crippen LogP contribution in [0.2, 0.25) is 5.02 Å². The van der Waals surface area contributed by atoms with Gasteiger partial charge in [-0.3, -0.25) is 4.79 Å². The van der Waals surface area contributed by atoms with Crippen LogP contribution in [0.5, 0.6) is 0 Å². The van der Waals surface area contributed by atoms with Gasteiger partial charge in [0, 0.05) is 28.9 Å². The predicted molar refractivity (Wildman–Crippen MR) is 77.4 cm³/mol. The van der Waals surface area contributed by atoms with Crippen LogP contribution in [0.3, 0.4) is 0 Å². The minimum Gasteiger partial charge on any atom is -0.480 e. The van der Waals surface area contributed by atoms with Gasteiger partial charge in [-0.1, -0.05) is 11.6 Å². The normalized spacial score (nSPS) is 11.9. The Labute approximate surface area is 126 Å². The predicted octanol–water partition coefficient (Wildman–Crippen LogP) is 1.80. The number of benzene rings is 1. The van der Waals surface area contributed by atoms with E-state index >= 15 is 0 Å². The minimum absolute atomic E-state index is 0.126. The highest BCUT2D eigenvalue weighted by atomic mass is 35.5. The summed E-state index contributed by atoms with van der Waals surface area (Å²) in [5.74, 6) is -1.59. The summed E-state index contributed by atoms with van der Waals surface area (Å²) in [6.45, 7) is 1.81. The fourth-order valence-electron chi connectivity index (χ4n) is 1.93. The Kier molecular flexibility index (Phi) is 4.59. The fourth-order valence-corrected chi connectivity index (χ4v) is 2.21. The minimum atomic E-state index is -1.11. The molecule has 0 radical (unpaired) electrons. The molecule has 110 valence electrons. The molecule has 0 aliphatic rings. The molecule has 0 aliphatic heterocycles. The second-order valence-corrected chi connectivity index (χ2v) is 5.10. The molecule has 0 fully saturated rings. The molecule has 21 heavy (non-hydrogen) atoms. The first-order valence-corrected chi connectivity index (χ1v) is 6.61. The number of nitrogens with one attached hydrogen (secondary N) is 2. The zero-order valence-electron chi connectivity index (χ0n) is 11.3. The number of hydrogen-bond acceptors (Lipinski definition) is 3. The first-order valence-electron chi connectivity index (χ1n) is 6.24. The smallest absolute Gasteiger partial charge is 0.326 e. The zero-order chi connectivity index (χ0) is 15.4. The number of rotatable bonds is 5. The Balaban J connectivity index is 2.12. The van der Waals surface area contributed by atoms with Crippen LogP contribution in [0.25, 0.3) is 0 Å². The van der Waals surface area contributed by atoms with Crippen LogP contribution < -0.4 is 5.32 Å². The van der Waals surface area contributed by atoms with E-state index in [9.17, 15) is 14.7 Å². The number of hydrogen-bond donors (Lipinski definition) is 3. The number of aliphatic carboxylic acids is 1. The highest BCUT2D eigenvalue weighted by Crippen LogP contribution is 2.14. The van der Waals surface area contributed by atoms with Crippen molar-refractivity contribution in [2.24, 2.45) is 0 Å². The number of H-pyrrole nitrogens is 1. The molecular formula is C14H14ClN3O3. The summed E-state index contributed by atoms with van der Waals surface area (Å²) in [6, 6.07) is 3.82. The highest BCUT2D eigenvalue weighted by molar-refractivity contribution is 6.31. The maximum Gasteiger partial charge on any atom is 0.326 e. The molecule has 1 unspecified atom stereocenters. The first kappa shape index (κ1) is 15.1. The van der Waals surface area contributed by atoms with Crippen LogP contribution in [0.15, 0.2) is 30.7 Å². The quantitative estimate of drug-likeness (QED) is 0.785. The SMILES string of the molecule is Cc1cc(Cl)cc(C(=O)NC(Cc2cnc[nH]2)C(=O)O)c1. The van der Waals surface area contributed by atoms with Crippen molar-refractivity contribution in [2.45, 2.75) is 19.4 Å². The van der Waals surface area contributed by atoms with Gasteiger partial charge in [-0.2, -0.15) is 0 Å². The Morgan fingerprint density at radius 2 is 2.19 bits per heavy atom. The first-order chi connectivity index (χ1) is 9.95. The number of amides is 1. The van der Waals surface area contributed by atoms with Gasteiger partial charge in [0.15, 0.2) is 0 Å². The molecule has 7 heteroatoms. The van der Waals surface area contributed by atoms with Gasteiger partial charge in [-0.15, -0.1) is 0 Å². The summed E-state index contributed by atoms with van der Waals surface area (Å²) in [7, 11) is 0. The van der Waals surface area contributed by atoms with E-state index < -0.39 is 17.9 Å². The Morgan fingerprint density at radius 1 is 1.43 bits per heavy atom. The number of imidazole rings is 1. The number of carbonyl (C=O) groups is 2. The molecule has 2 aromatic rings. The Bertz CT molecular complexity index is 635. The molecule has 0 aliphatic carbocycles. The lowest BCUT2D eigenvalue weighted by Crippen LogP contribution is -2.42. The van der Waals surface area contributed by atoms with E-state index in [1.807, 2.05) is 6.92 Å². The molecule has 0 bridgehead atoms. The van der Waals surface area contributed by atoms with Gasteiger partial charge in [-0.25, -0.2) is 9.78 Å². The number of halogens is 1. The van der Waals surface area contributed by atoms with Crippen molar-refractivity contribution in [1.82, 2.24) is 15.3 Å². The molecule has 1 aromatic carbocycles. The topological polar surface area (TPSA) is 95.1 Å². The van der Waals surface area contributed by atoms with Crippen LogP contribution in [-0.2, 0) is 11.2 Å². The van der Waals surface area contributed by atoms with Gasteiger partial charge in [-0.05, 0) is 30.7 Å². The molecule has 0 saturated heterocycles. The largest absolute Gasteiger partial charge is 0.480 e. The molecule has 1 atom stereocenters. The molecule has 1 heterocycles. The van der Waals surface area contributed by atoms with E-state index in [2.05, 4.69) is 15.3 Å². The second-order valence-electron chi connectivity index (χ2n) is 4.66. The van der Waals surface area contributed by atoms with Crippen molar-refractivity contribution in [1.29, 1.82) is 0 Å². The van der Waals surface area contributed by atoms with Crippen molar-refractivity contribution >= 4 is 23.5 Å². The van der Waals surface area contributed by atoms with Gasteiger partial charge in [0.2, 0.25) is 0 Å². The van der Waals surface area contributed by atoms with Crippen LogP contribution in [0.4, 0.5) is 0 Å². The summed E-state index contributed by atoms with van der Waals surface area (Å²) in [6.07, 6.45) is 3.10. The molecule has 1 aromatic heterocycles. The van der Waals surface area contributed by atoms with Crippen molar-refractivity contribution in [2.75, 3.05) is 0 Å². The molecule has 0 spiro atoms. The number of nitrogens with zero attached hydrogens (tertiary/aromatic N) is 1. The number of aryl methyl sites for hydroxylation is 1. The average molecular weight is 308 g/mol. The lowest BCUT2D eigenvalue weighted by atomic mass is 10.1. The average Bonchev–Trinajstić information content (AvgIpc) is 2.89. The lowest BCUT2D eigenvalue weighted by Gasteiger charge is -2.14. The van der Waals surface area contributed by atoms with Gasteiger partial charge < -0.3 is 15.4 Å². The van der Waals surface area contributed by atoms with Crippen LogP contribution in [0, 0.1) is 6.92 Å². The van der Waals surface area contributed by atoms with Crippen LogP contribution >= 0.6 is 11.6 Å². The maximum absolute atomic E-state index is 12.1. The third kappa shape index (κ3) is 4.06. The molecular weight excluding hydrogens is 294 g/mol. The van der Waals surface area contributed by atoms with Crippen LogP contribution in [-0.4, -0.2) is 33.0 Å². The third-order valence-corrected chi connectivity index (χ3v) is 3.10. The number of carboxylic acids is 1. The van der Waals surface area contributed by atoms with Crippen molar-refractivity contribution in [3.8, 4) is 0 Å². The molecule has 1 amide bonds. The Morgan fingerprint density at radius 3 is 2.76 bits per heavy atom. The number of carbonyl (C=O) groups excluding carboxylic acids is 1. The maximum atomic E-state index is 12.1. The molecule has 3 N–H and O–H groups in total. The second kappa shape index (κ2) is 6.41. The van der Waals surface area contributed by atoms with E-state index in [4.69, 9.17) is 11.6 Å². The van der Waals surface area contributed by atoms with Crippen molar-refractivity contribution < 1.29 is 14.7 Å². The standard InChI is InChI=1S/C14H14ClN3O3/c1-8-2-9(4-10(15)3-8)13(19)18-12(14(20)21)5-11-6-16-7-17-11/h2-4,6-7,12H,5H2,1H3,(H,16,17)(H,18,19)(H,20,21). The van der Waals surface area contributed by atoms with Crippen LogP contribution in [0.1, 0.15) is 21.6 Å². The highest BCUT2D eigenvalue weighted by Gasteiger charge is 2.22. The monoisotopic (exact) mass is 307 g/mol.